The quantitative estimate of drug-likeness (QED) is 0.715. The fourth-order valence-corrected chi connectivity index (χ4v) is 2.67. The molecule has 1 heterocycles. The van der Waals surface area contributed by atoms with Gasteiger partial charge in [0, 0.05) is 12.6 Å². The fourth-order valence-electron chi connectivity index (χ4n) is 2.67. The molecule has 2 fully saturated rings. The van der Waals surface area contributed by atoms with E-state index in [9.17, 15) is 4.79 Å². The largest absolute Gasteiger partial charge is 0.338 e. The summed E-state index contributed by atoms with van der Waals surface area (Å²) >= 11 is 0. The third-order valence-corrected chi connectivity index (χ3v) is 3.70. The molecule has 1 saturated carbocycles. The van der Waals surface area contributed by atoms with Crippen LogP contribution in [0.4, 0.5) is 0 Å². The molecule has 0 spiro atoms. The highest BCUT2D eigenvalue weighted by Crippen LogP contribution is 2.37. The van der Waals surface area contributed by atoms with E-state index in [4.69, 9.17) is 5.73 Å². The van der Waals surface area contributed by atoms with E-state index in [2.05, 4.69) is 0 Å². The number of hydrogen-bond acceptors (Lipinski definition) is 2. The molecule has 1 aliphatic heterocycles. The molecule has 14 heavy (non-hydrogen) atoms. The van der Waals surface area contributed by atoms with Crippen molar-refractivity contribution in [3.05, 3.63) is 0 Å². The third kappa shape index (κ3) is 1.54. The first kappa shape index (κ1) is 9.97. The van der Waals surface area contributed by atoms with Crippen molar-refractivity contribution in [1.82, 2.24) is 4.90 Å². The van der Waals surface area contributed by atoms with Crippen LogP contribution in [-0.4, -0.2) is 29.4 Å². The number of carbonyl (C=O) groups is 1. The summed E-state index contributed by atoms with van der Waals surface area (Å²) in [5.41, 5.74) is 5.88. The van der Waals surface area contributed by atoms with Gasteiger partial charge >= 0.3 is 0 Å². The number of nitrogens with two attached hydrogens (primary N) is 1. The number of nitrogens with zero attached hydrogens (tertiary/aromatic N) is 1. The van der Waals surface area contributed by atoms with Crippen molar-refractivity contribution in [3.63, 3.8) is 0 Å². The summed E-state index contributed by atoms with van der Waals surface area (Å²) in [6.45, 7) is 4.98. The predicted molar refractivity (Wildman–Crippen MR) is 55.7 cm³/mol. The first-order valence-electron chi connectivity index (χ1n) is 5.65. The number of likely N-dealkylation sites (tertiary alicyclic amines) is 1. The van der Waals surface area contributed by atoms with Gasteiger partial charge in [0.25, 0.3) is 0 Å². The second kappa shape index (κ2) is 3.54. The lowest BCUT2D eigenvalue weighted by Gasteiger charge is -2.30. The Morgan fingerprint density at radius 1 is 1.43 bits per heavy atom. The van der Waals surface area contributed by atoms with E-state index in [0.717, 1.165) is 12.5 Å². The minimum Gasteiger partial charge on any atom is -0.338 e. The zero-order chi connectivity index (χ0) is 10.3. The number of piperidine rings is 1. The SMILES string of the molecule is CC(C)[C@H](N)C(=O)N1CC2CCC1C2. The van der Waals surface area contributed by atoms with Gasteiger partial charge < -0.3 is 10.6 Å². The molecule has 3 atom stereocenters. The van der Waals surface area contributed by atoms with Gasteiger partial charge in [-0.15, -0.1) is 0 Å². The van der Waals surface area contributed by atoms with Crippen LogP contribution in [0.3, 0.4) is 0 Å². The second-order valence-corrected chi connectivity index (χ2v) is 5.09. The van der Waals surface area contributed by atoms with E-state index in [1.54, 1.807) is 0 Å². The maximum absolute atomic E-state index is 12.0. The van der Waals surface area contributed by atoms with Crippen molar-refractivity contribution >= 4 is 5.91 Å². The molecular weight excluding hydrogens is 176 g/mol. The molecule has 0 aromatic heterocycles. The Hall–Kier alpha value is -0.570. The number of fused-ring (bicyclic) bond motifs is 2. The Balaban J connectivity index is 1.99. The molecule has 2 rings (SSSR count). The summed E-state index contributed by atoms with van der Waals surface area (Å²) < 4.78 is 0. The molecule has 3 heteroatoms. The molecule has 0 aromatic rings. The molecule has 1 aliphatic carbocycles. The molecule has 2 aliphatic rings. The zero-order valence-corrected chi connectivity index (χ0v) is 9.07. The molecule has 3 nitrogen and oxygen atoms in total. The minimum absolute atomic E-state index is 0.173. The summed E-state index contributed by atoms with van der Waals surface area (Å²) in [7, 11) is 0. The number of amides is 1. The Morgan fingerprint density at radius 2 is 2.14 bits per heavy atom. The van der Waals surface area contributed by atoms with Crippen LogP contribution in [0.2, 0.25) is 0 Å². The van der Waals surface area contributed by atoms with Gasteiger partial charge in [-0.1, -0.05) is 13.8 Å². The summed E-state index contributed by atoms with van der Waals surface area (Å²) in [4.78, 5) is 14.0. The van der Waals surface area contributed by atoms with Crippen molar-refractivity contribution in [2.45, 2.75) is 45.2 Å². The van der Waals surface area contributed by atoms with Crippen molar-refractivity contribution < 1.29 is 4.79 Å². The van der Waals surface area contributed by atoms with Crippen LogP contribution in [0.15, 0.2) is 0 Å². The topological polar surface area (TPSA) is 46.3 Å². The standard InChI is InChI=1S/C11H20N2O/c1-7(2)10(12)11(14)13-6-8-3-4-9(13)5-8/h7-10H,3-6,12H2,1-2H3/t8?,9?,10-/m0/s1. The number of carbonyl (C=O) groups excluding carboxylic acids is 1. The zero-order valence-electron chi connectivity index (χ0n) is 9.07. The summed E-state index contributed by atoms with van der Waals surface area (Å²) in [6.07, 6.45) is 3.73. The highest BCUT2D eigenvalue weighted by Gasteiger charge is 2.41. The number of hydrogen-bond donors (Lipinski definition) is 1. The molecule has 1 saturated heterocycles. The lowest BCUT2D eigenvalue weighted by Crippen LogP contribution is -2.49. The van der Waals surface area contributed by atoms with Gasteiger partial charge in [-0.3, -0.25) is 4.79 Å². The smallest absolute Gasteiger partial charge is 0.240 e. The predicted octanol–water partition coefficient (Wildman–Crippen LogP) is 0.981. The molecule has 2 bridgehead atoms. The van der Waals surface area contributed by atoms with Gasteiger partial charge in [0.05, 0.1) is 6.04 Å². The number of rotatable bonds is 2. The van der Waals surface area contributed by atoms with Crippen LogP contribution in [0.5, 0.6) is 0 Å². The fraction of sp³-hybridized carbons (Fsp3) is 0.909. The van der Waals surface area contributed by atoms with Crippen LogP contribution in [0, 0.1) is 11.8 Å². The lowest BCUT2D eigenvalue weighted by atomic mass is 10.0. The van der Waals surface area contributed by atoms with E-state index in [1.807, 2.05) is 18.7 Å². The van der Waals surface area contributed by atoms with Gasteiger partial charge in [0.2, 0.25) is 5.91 Å². The molecule has 0 aromatic carbocycles. The van der Waals surface area contributed by atoms with Crippen molar-refractivity contribution in [2.24, 2.45) is 17.6 Å². The van der Waals surface area contributed by atoms with Gasteiger partial charge in [0.15, 0.2) is 0 Å². The van der Waals surface area contributed by atoms with E-state index in [1.165, 1.54) is 19.3 Å². The van der Waals surface area contributed by atoms with Crippen molar-refractivity contribution in [2.75, 3.05) is 6.54 Å². The summed E-state index contributed by atoms with van der Waals surface area (Å²) in [5.74, 6) is 1.19. The monoisotopic (exact) mass is 196 g/mol. The third-order valence-electron chi connectivity index (χ3n) is 3.70. The first-order chi connectivity index (χ1) is 6.59. The van der Waals surface area contributed by atoms with Crippen molar-refractivity contribution in [1.29, 1.82) is 0 Å². The molecular formula is C11H20N2O. The van der Waals surface area contributed by atoms with E-state index in [-0.39, 0.29) is 17.9 Å². The Labute approximate surface area is 85.6 Å². The minimum atomic E-state index is -0.297. The average molecular weight is 196 g/mol. The van der Waals surface area contributed by atoms with Crippen LogP contribution >= 0.6 is 0 Å². The van der Waals surface area contributed by atoms with Gasteiger partial charge in [-0.05, 0) is 31.1 Å². The van der Waals surface area contributed by atoms with E-state index < -0.39 is 0 Å². The molecule has 80 valence electrons. The molecule has 1 amide bonds. The molecule has 2 unspecified atom stereocenters. The highest BCUT2D eigenvalue weighted by atomic mass is 16.2. The summed E-state index contributed by atoms with van der Waals surface area (Å²) in [5, 5.41) is 0. The second-order valence-electron chi connectivity index (χ2n) is 5.09. The molecule has 0 radical (unpaired) electrons. The maximum atomic E-state index is 12.0. The highest BCUT2D eigenvalue weighted by molar-refractivity contribution is 5.82. The maximum Gasteiger partial charge on any atom is 0.240 e. The van der Waals surface area contributed by atoms with Crippen LogP contribution in [0.25, 0.3) is 0 Å². The van der Waals surface area contributed by atoms with E-state index >= 15 is 0 Å². The Morgan fingerprint density at radius 3 is 2.57 bits per heavy atom. The molecule has 2 N–H and O–H groups in total. The first-order valence-corrected chi connectivity index (χ1v) is 5.65. The summed E-state index contributed by atoms with van der Waals surface area (Å²) in [6, 6.07) is 0.214. The Bertz CT molecular complexity index is 239. The van der Waals surface area contributed by atoms with Gasteiger partial charge in [0.1, 0.15) is 0 Å². The van der Waals surface area contributed by atoms with E-state index in [0.29, 0.717) is 6.04 Å². The van der Waals surface area contributed by atoms with Gasteiger partial charge in [-0.2, -0.15) is 0 Å². The van der Waals surface area contributed by atoms with Crippen LogP contribution in [0.1, 0.15) is 33.1 Å². The van der Waals surface area contributed by atoms with Crippen molar-refractivity contribution in [3.8, 4) is 0 Å². The van der Waals surface area contributed by atoms with Crippen LogP contribution in [-0.2, 0) is 4.79 Å². The Kier molecular flexibility index (Phi) is 2.52. The lowest BCUT2D eigenvalue weighted by molar-refractivity contribution is -0.135. The average Bonchev–Trinajstić information content (AvgIpc) is 2.76. The van der Waals surface area contributed by atoms with Crippen LogP contribution < -0.4 is 5.73 Å². The normalized spacial score (nSPS) is 32.7. The van der Waals surface area contributed by atoms with Gasteiger partial charge in [-0.25, -0.2) is 0 Å².